The van der Waals surface area contributed by atoms with Crippen molar-refractivity contribution < 1.29 is 17.3 Å². The zero-order valence-electron chi connectivity index (χ0n) is 15.6. The minimum absolute atomic E-state index is 0.0671. The summed E-state index contributed by atoms with van der Waals surface area (Å²) >= 11 is 3.34. The Morgan fingerprint density at radius 2 is 1.79 bits per heavy atom. The van der Waals surface area contributed by atoms with Crippen molar-refractivity contribution in [2.45, 2.75) is 30.2 Å². The number of aromatic nitrogens is 1. The minimum atomic E-state index is -3.85. The number of oxazole rings is 1. The van der Waals surface area contributed by atoms with Crippen molar-refractivity contribution >= 4 is 31.7 Å². The molecule has 148 valence electrons. The van der Waals surface area contributed by atoms with Crippen LogP contribution >= 0.6 is 15.9 Å². The third-order valence-electron chi connectivity index (χ3n) is 4.85. The average Bonchev–Trinajstić information content (AvgIpc) is 3.31. The molecule has 3 heterocycles. The number of nitrogens with zero attached hydrogens (tertiary/aromatic N) is 2. The van der Waals surface area contributed by atoms with Gasteiger partial charge in [0.05, 0.1) is 11.2 Å². The minimum Gasteiger partial charge on any atom is -0.459 e. The van der Waals surface area contributed by atoms with Crippen LogP contribution in [0.15, 0.2) is 65.9 Å². The van der Waals surface area contributed by atoms with Gasteiger partial charge >= 0.3 is 0 Å². The third-order valence-corrected chi connectivity index (χ3v) is 7.04. The van der Waals surface area contributed by atoms with Gasteiger partial charge in [-0.05, 0) is 54.7 Å². The van der Waals surface area contributed by atoms with Crippen LogP contribution < -0.4 is 4.90 Å². The fourth-order valence-electron chi connectivity index (χ4n) is 3.73. The highest BCUT2D eigenvalue weighted by molar-refractivity contribution is 9.10. The van der Waals surface area contributed by atoms with E-state index >= 15 is 0 Å². The fraction of sp³-hybridized carbons (Fsp3) is 0.350. The van der Waals surface area contributed by atoms with Crippen LogP contribution in [0.25, 0.3) is 11.7 Å². The number of sulfone groups is 1. The predicted octanol–water partition coefficient (Wildman–Crippen LogP) is 5.01. The summed E-state index contributed by atoms with van der Waals surface area (Å²) in [5.74, 6) is 1.72. The van der Waals surface area contributed by atoms with Gasteiger partial charge in [-0.1, -0.05) is 29.8 Å². The lowest BCUT2D eigenvalue weighted by Gasteiger charge is -2.34. The van der Waals surface area contributed by atoms with Crippen LogP contribution in [-0.2, 0) is 9.84 Å². The second kappa shape index (κ2) is 7.40. The molecule has 0 saturated carbocycles. The number of hydrogen-bond acceptors (Lipinski definition) is 6. The second-order valence-corrected chi connectivity index (χ2v) is 10.2. The highest BCUT2D eigenvalue weighted by Gasteiger charge is 2.34. The number of hydrogen-bond donors (Lipinski definition) is 0. The number of anilines is 1. The Labute approximate surface area is 172 Å². The Kier molecular flexibility index (Phi) is 5.09. The first-order valence-corrected chi connectivity index (χ1v) is 11.4. The Balaban J connectivity index is 1.84. The second-order valence-electron chi connectivity index (χ2n) is 7.42. The van der Waals surface area contributed by atoms with Gasteiger partial charge in [-0.3, -0.25) is 0 Å². The molecular weight excluding hydrogens is 444 g/mol. The summed E-state index contributed by atoms with van der Waals surface area (Å²) in [6.07, 6.45) is 2.61. The van der Waals surface area contributed by atoms with Crippen molar-refractivity contribution in [1.82, 2.24) is 4.98 Å². The lowest BCUT2D eigenvalue weighted by atomic mass is 9.92. The molecule has 8 heteroatoms. The van der Waals surface area contributed by atoms with Crippen molar-refractivity contribution in [2.24, 2.45) is 11.8 Å². The Morgan fingerprint density at radius 1 is 1.11 bits per heavy atom. The molecule has 4 rings (SSSR count). The SMILES string of the molecule is CC1CC(C)CN(c2oc(-c3ccco3)nc2S(=O)(=O)c2ccc(Br)cc2)C1. The number of piperidine rings is 1. The van der Waals surface area contributed by atoms with Gasteiger partial charge in [-0.25, -0.2) is 8.42 Å². The van der Waals surface area contributed by atoms with Crippen LogP contribution in [0.2, 0.25) is 0 Å². The first kappa shape index (κ1) is 19.3. The van der Waals surface area contributed by atoms with Crippen LogP contribution in [-0.4, -0.2) is 26.5 Å². The van der Waals surface area contributed by atoms with Gasteiger partial charge in [0, 0.05) is 17.6 Å². The maximum atomic E-state index is 13.4. The molecule has 0 bridgehead atoms. The van der Waals surface area contributed by atoms with Gasteiger partial charge in [-0.2, -0.15) is 4.98 Å². The maximum absolute atomic E-state index is 13.4. The molecule has 1 aliphatic rings. The average molecular weight is 465 g/mol. The molecule has 2 atom stereocenters. The zero-order valence-corrected chi connectivity index (χ0v) is 18.0. The number of furan rings is 1. The molecule has 2 unspecified atom stereocenters. The van der Waals surface area contributed by atoms with Gasteiger partial charge in [0.1, 0.15) is 0 Å². The first-order valence-electron chi connectivity index (χ1n) is 9.15. The van der Waals surface area contributed by atoms with Crippen LogP contribution in [0.5, 0.6) is 0 Å². The number of rotatable bonds is 4. The van der Waals surface area contributed by atoms with Crippen molar-refractivity contribution in [2.75, 3.05) is 18.0 Å². The maximum Gasteiger partial charge on any atom is 0.266 e. The van der Waals surface area contributed by atoms with E-state index in [0.717, 1.165) is 24.0 Å². The summed E-state index contributed by atoms with van der Waals surface area (Å²) < 4.78 is 38.9. The van der Waals surface area contributed by atoms with Gasteiger partial charge in [-0.15, -0.1) is 0 Å². The van der Waals surface area contributed by atoms with Crippen LogP contribution in [0.4, 0.5) is 5.88 Å². The molecule has 1 aliphatic heterocycles. The largest absolute Gasteiger partial charge is 0.459 e. The van der Waals surface area contributed by atoms with E-state index in [2.05, 4.69) is 34.8 Å². The molecule has 0 N–H and O–H groups in total. The molecule has 1 saturated heterocycles. The Bertz CT molecular complexity index is 1050. The topological polar surface area (TPSA) is 76.6 Å². The lowest BCUT2D eigenvalue weighted by Crippen LogP contribution is -2.39. The molecular formula is C20H21BrN2O4S. The van der Waals surface area contributed by atoms with Crippen molar-refractivity contribution in [3.63, 3.8) is 0 Å². The van der Waals surface area contributed by atoms with E-state index in [-0.39, 0.29) is 21.7 Å². The van der Waals surface area contributed by atoms with E-state index in [1.54, 1.807) is 36.4 Å². The van der Waals surface area contributed by atoms with E-state index in [4.69, 9.17) is 8.83 Å². The standard InChI is InChI=1S/C20H21BrN2O4S/c1-13-10-14(2)12-23(11-13)20-19(22-18(27-20)17-4-3-9-26-17)28(24,25)16-7-5-15(21)6-8-16/h3-9,13-14H,10-12H2,1-2H3. The number of benzene rings is 1. The molecule has 0 radical (unpaired) electrons. The monoisotopic (exact) mass is 464 g/mol. The summed E-state index contributed by atoms with van der Waals surface area (Å²) in [7, 11) is -3.85. The smallest absolute Gasteiger partial charge is 0.266 e. The van der Waals surface area contributed by atoms with Gasteiger partial charge in [0.2, 0.25) is 20.7 Å². The molecule has 0 spiro atoms. The molecule has 1 aromatic carbocycles. The van der Waals surface area contributed by atoms with Crippen molar-refractivity contribution in [1.29, 1.82) is 0 Å². The highest BCUT2D eigenvalue weighted by Crippen LogP contribution is 2.37. The van der Waals surface area contributed by atoms with E-state index in [0.29, 0.717) is 17.6 Å². The molecule has 6 nitrogen and oxygen atoms in total. The summed E-state index contributed by atoms with van der Waals surface area (Å²) in [6.45, 7) is 5.77. The normalized spacial score (nSPS) is 20.5. The highest BCUT2D eigenvalue weighted by atomic mass is 79.9. The Morgan fingerprint density at radius 3 is 2.39 bits per heavy atom. The summed E-state index contributed by atoms with van der Waals surface area (Å²) in [6, 6.07) is 9.94. The first-order chi connectivity index (χ1) is 13.3. The van der Waals surface area contributed by atoms with Crippen molar-refractivity contribution in [3.05, 3.63) is 47.1 Å². The summed E-state index contributed by atoms with van der Waals surface area (Å²) in [5, 5.41) is -0.0671. The van der Waals surface area contributed by atoms with E-state index < -0.39 is 9.84 Å². The van der Waals surface area contributed by atoms with Crippen LogP contribution in [0.1, 0.15) is 20.3 Å². The van der Waals surface area contributed by atoms with Crippen LogP contribution in [0.3, 0.4) is 0 Å². The molecule has 2 aromatic heterocycles. The lowest BCUT2D eigenvalue weighted by molar-refractivity contribution is 0.342. The van der Waals surface area contributed by atoms with Crippen molar-refractivity contribution in [3.8, 4) is 11.7 Å². The third kappa shape index (κ3) is 3.63. The van der Waals surface area contributed by atoms with Gasteiger partial charge in [0.15, 0.2) is 5.76 Å². The molecule has 3 aromatic rings. The summed E-state index contributed by atoms with van der Waals surface area (Å²) in [4.78, 5) is 6.51. The molecule has 1 fully saturated rings. The summed E-state index contributed by atoms with van der Waals surface area (Å²) in [5.41, 5.74) is 0. The molecule has 0 aliphatic carbocycles. The predicted molar refractivity (Wildman–Crippen MR) is 109 cm³/mol. The van der Waals surface area contributed by atoms with E-state index in [1.165, 1.54) is 6.26 Å². The zero-order chi connectivity index (χ0) is 19.9. The van der Waals surface area contributed by atoms with Crippen LogP contribution in [0, 0.1) is 11.8 Å². The van der Waals surface area contributed by atoms with E-state index in [9.17, 15) is 8.42 Å². The number of halogens is 1. The molecule has 0 amide bonds. The van der Waals surface area contributed by atoms with Gasteiger partial charge in [0.25, 0.3) is 5.89 Å². The Hall–Kier alpha value is -2.06. The molecule has 28 heavy (non-hydrogen) atoms. The van der Waals surface area contributed by atoms with E-state index in [1.807, 2.05) is 4.90 Å². The van der Waals surface area contributed by atoms with Gasteiger partial charge < -0.3 is 13.7 Å². The quantitative estimate of drug-likeness (QED) is 0.539. The fourth-order valence-corrected chi connectivity index (χ4v) is 5.32.